The topological polar surface area (TPSA) is 99.2 Å². The molecular weight excluding hydrogens is 617 g/mol. The van der Waals surface area contributed by atoms with Gasteiger partial charge in [0.25, 0.3) is 11.8 Å². The predicted molar refractivity (Wildman–Crippen MR) is 178 cm³/mol. The minimum Gasteiger partial charge on any atom is -0.371 e. The van der Waals surface area contributed by atoms with Crippen LogP contribution in [0.5, 0.6) is 0 Å². The van der Waals surface area contributed by atoms with Crippen molar-refractivity contribution >= 4 is 40.4 Å². The number of fused-ring (bicyclic) bond motifs is 4. The van der Waals surface area contributed by atoms with Crippen LogP contribution >= 0.6 is 11.9 Å². The third-order valence-electron chi connectivity index (χ3n) is 9.46. The molecular formula is C33H47F3N6O3S. The van der Waals surface area contributed by atoms with Gasteiger partial charge in [0, 0.05) is 50.1 Å². The van der Waals surface area contributed by atoms with E-state index >= 15 is 0 Å². The molecule has 4 heterocycles. The maximum Gasteiger partial charge on any atom is 0.394 e. The van der Waals surface area contributed by atoms with Crippen molar-refractivity contribution < 1.29 is 27.5 Å². The number of pyridine rings is 1. The van der Waals surface area contributed by atoms with Crippen LogP contribution in [0.1, 0.15) is 83.5 Å². The largest absolute Gasteiger partial charge is 0.394 e. The number of ether oxygens (including phenoxy) is 1. The van der Waals surface area contributed by atoms with Crippen molar-refractivity contribution in [2.45, 2.75) is 91.0 Å². The number of rotatable bonds is 6. The number of nitrogens with zero attached hydrogens (tertiary/aromatic N) is 4. The summed E-state index contributed by atoms with van der Waals surface area (Å²) in [6.45, 7) is 19.8. The van der Waals surface area contributed by atoms with Crippen molar-refractivity contribution in [3.8, 4) is 0 Å². The second-order valence-corrected chi connectivity index (χ2v) is 13.7. The normalized spacial score (nSPS) is 27.2. The van der Waals surface area contributed by atoms with Crippen molar-refractivity contribution in [1.82, 2.24) is 15.0 Å². The number of carbonyl (C=O) groups is 2. The van der Waals surface area contributed by atoms with E-state index in [1.807, 2.05) is 13.8 Å². The zero-order valence-electron chi connectivity index (χ0n) is 27.5. The lowest BCUT2D eigenvalue weighted by Gasteiger charge is -2.34. The van der Waals surface area contributed by atoms with Gasteiger partial charge >= 0.3 is 6.18 Å². The average molecular weight is 665 g/mol. The number of amides is 2. The molecule has 3 fully saturated rings. The summed E-state index contributed by atoms with van der Waals surface area (Å²) in [6.07, 6.45) is -1.31. The van der Waals surface area contributed by atoms with Gasteiger partial charge in [0.15, 0.2) is 0 Å². The highest BCUT2D eigenvalue weighted by atomic mass is 32.2. The molecule has 2 amide bonds. The van der Waals surface area contributed by atoms with E-state index < -0.39 is 17.7 Å². The Kier molecular flexibility index (Phi) is 11.2. The number of nitrogens with one attached hydrogen (secondary N) is 2. The lowest BCUT2D eigenvalue weighted by molar-refractivity contribution is -0.192. The van der Waals surface area contributed by atoms with Gasteiger partial charge < -0.3 is 15.0 Å². The first kappa shape index (κ1) is 35.8. The lowest BCUT2D eigenvalue weighted by Crippen LogP contribution is -2.41. The average Bonchev–Trinajstić information content (AvgIpc) is 3.64. The molecule has 9 nitrogen and oxygen atoms in total. The highest BCUT2D eigenvalue weighted by molar-refractivity contribution is 8.13. The summed E-state index contributed by atoms with van der Waals surface area (Å²) >= 11 is 1.03. The number of anilines is 2. The fourth-order valence-corrected chi connectivity index (χ4v) is 6.95. The van der Waals surface area contributed by atoms with Crippen LogP contribution in [0.25, 0.3) is 0 Å². The quantitative estimate of drug-likeness (QED) is 0.330. The summed E-state index contributed by atoms with van der Waals surface area (Å²) in [5.41, 5.74) is -1.62. The minimum atomic E-state index is -4.25. The first-order valence-electron chi connectivity index (χ1n) is 16.1. The maximum absolute atomic E-state index is 13.6. The molecule has 1 aromatic rings. The van der Waals surface area contributed by atoms with Gasteiger partial charge in [-0.15, -0.1) is 0 Å². The minimum absolute atomic E-state index is 0.107. The molecule has 1 saturated carbocycles. The van der Waals surface area contributed by atoms with Gasteiger partial charge in [0.1, 0.15) is 28.6 Å². The summed E-state index contributed by atoms with van der Waals surface area (Å²) in [5, 5.41) is 3.73. The molecule has 3 aliphatic heterocycles. The number of carbonyl (C=O) groups excluding carboxylic acids is 2. The van der Waals surface area contributed by atoms with E-state index in [0.29, 0.717) is 66.0 Å². The van der Waals surface area contributed by atoms with E-state index in [0.717, 1.165) is 24.8 Å². The summed E-state index contributed by atoms with van der Waals surface area (Å²) in [4.78, 5) is 39.9. The van der Waals surface area contributed by atoms with Crippen molar-refractivity contribution in [2.24, 2.45) is 22.2 Å². The first-order valence-corrected chi connectivity index (χ1v) is 17.0. The van der Waals surface area contributed by atoms with Crippen molar-refractivity contribution in [2.75, 3.05) is 36.0 Å². The van der Waals surface area contributed by atoms with Gasteiger partial charge in [-0.3, -0.25) is 19.2 Å². The van der Waals surface area contributed by atoms with Crippen LogP contribution < -0.4 is 19.8 Å². The van der Waals surface area contributed by atoms with Gasteiger partial charge in [0.05, 0.1) is 11.0 Å². The fourth-order valence-electron chi connectivity index (χ4n) is 6.40. The van der Waals surface area contributed by atoms with E-state index in [1.54, 1.807) is 18.2 Å². The van der Waals surface area contributed by atoms with E-state index in [-0.39, 0.29) is 43.2 Å². The van der Waals surface area contributed by atoms with Gasteiger partial charge in [0.2, 0.25) is 0 Å². The smallest absolute Gasteiger partial charge is 0.371 e. The van der Waals surface area contributed by atoms with Crippen LogP contribution in [0.3, 0.4) is 0 Å². The fraction of sp³-hybridized carbons (Fsp3) is 0.636. The zero-order valence-corrected chi connectivity index (χ0v) is 28.3. The molecule has 1 aliphatic carbocycles. The molecule has 46 heavy (non-hydrogen) atoms. The van der Waals surface area contributed by atoms with Crippen LogP contribution in [0.4, 0.5) is 24.8 Å². The van der Waals surface area contributed by atoms with Crippen LogP contribution in [-0.2, 0) is 9.53 Å². The van der Waals surface area contributed by atoms with Crippen LogP contribution in [0.2, 0.25) is 0 Å². The van der Waals surface area contributed by atoms with E-state index in [9.17, 15) is 22.8 Å². The second-order valence-electron chi connectivity index (χ2n) is 12.9. The molecule has 3 unspecified atom stereocenters. The first-order chi connectivity index (χ1) is 21.7. The Labute approximate surface area is 274 Å². The monoisotopic (exact) mass is 664 g/mol. The Hall–Kier alpha value is -3.06. The molecule has 0 aromatic carbocycles. The SMILES string of the molecule is C=C/C1=N\C(=C)NCCC(C)C2CN(c3nc(N4CCC(OCCC5(C(F)(F)F)CC5)C4=O)ccc3C(=O)NS1)C(C)(C)C2.CC. The number of aromatic nitrogens is 1. The van der Waals surface area contributed by atoms with E-state index in [2.05, 4.69) is 53.9 Å². The molecule has 13 heteroatoms. The molecule has 0 radical (unpaired) electrons. The molecule has 254 valence electrons. The highest BCUT2D eigenvalue weighted by Crippen LogP contribution is 2.60. The van der Waals surface area contributed by atoms with Gasteiger partial charge in [-0.25, -0.2) is 9.98 Å². The Morgan fingerprint density at radius 3 is 2.57 bits per heavy atom. The summed E-state index contributed by atoms with van der Waals surface area (Å²) in [6, 6.07) is 3.31. The Balaban J connectivity index is 0.00000235. The third kappa shape index (κ3) is 7.73. The summed E-state index contributed by atoms with van der Waals surface area (Å²) in [5.74, 6) is 1.36. The molecule has 2 bridgehead atoms. The predicted octanol–water partition coefficient (Wildman–Crippen LogP) is 6.63. The highest BCUT2D eigenvalue weighted by Gasteiger charge is 2.62. The van der Waals surface area contributed by atoms with E-state index in [4.69, 9.17) is 9.72 Å². The molecule has 4 aliphatic rings. The number of alkyl halides is 3. The molecule has 5 rings (SSSR count). The Bertz CT molecular complexity index is 1350. The van der Waals surface area contributed by atoms with E-state index in [1.165, 1.54) is 4.90 Å². The Morgan fingerprint density at radius 1 is 1.20 bits per heavy atom. The van der Waals surface area contributed by atoms with Crippen LogP contribution in [0.15, 0.2) is 42.2 Å². The van der Waals surface area contributed by atoms with Crippen molar-refractivity contribution in [1.29, 1.82) is 0 Å². The molecule has 2 saturated heterocycles. The lowest BCUT2D eigenvalue weighted by atomic mass is 9.86. The molecule has 2 N–H and O–H groups in total. The number of aliphatic imine (C=N–C) groups is 1. The second kappa shape index (κ2) is 14.4. The summed E-state index contributed by atoms with van der Waals surface area (Å²) < 4.78 is 48.5. The van der Waals surface area contributed by atoms with Crippen molar-refractivity contribution in [3.05, 3.63) is 42.8 Å². The van der Waals surface area contributed by atoms with Gasteiger partial charge in [-0.1, -0.05) is 33.9 Å². The van der Waals surface area contributed by atoms with Crippen LogP contribution in [-0.4, -0.2) is 65.9 Å². The van der Waals surface area contributed by atoms with Gasteiger partial charge in [-0.05, 0) is 76.0 Å². The molecule has 0 spiro atoms. The number of halogens is 3. The maximum atomic E-state index is 13.6. The standard InChI is InChI=1S/C31H41F3N6O3S.C2H6/c1-6-25-36-20(3)35-14-9-19(2)21-17-29(4,5)40(18-21)26-22(27(41)38-44-25)7-8-24(37-26)39-15-10-23(28(39)42)43-16-13-30(11-12-30)31(32,33)34;1-2/h6-8,19,21,23,35H,1,3,9-18H2,2,4-5H3,(H,38,41);1-2H3/b36-25+;. The van der Waals surface area contributed by atoms with Crippen molar-refractivity contribution in [3.63, 3.8) is 0 Å². The summed E-state index contributed by atoms with van der Waals surface area (Å²) in [7, 11) is 0. The Morgan fingerprint density at radius 2 is 1.91 bits per heavy atom. The molecule has 3 atom stereocenters. The third-order valence-corrected chi connectivity index (χ3v) is 10.2. The van der Waals surface area contributed by atoms with Crippen LogP contribution in [0, 0.1) is 17.3 Å². The zero-order chi connectivity index (χ0) is 33.9. The van der Waals surface area contributed by atoms with Gasteiger partial charge in [-0.2, -0.15) is 13.2 Å². The molecule has 1 aromatic heterocycles. The number of hydrogen-bond acceptors (Lipinski definition) is 8. The number of hydrogen-bond donors (Lipinski definition) is 2.